The van der Waals surface area contributed by atoms with Crippen molar-refractivity contribution in [2.24, 2.45) is 7.05 Å². The number of nitrogens with zero attached hydrogens (tertiary/aromatic N) is 2. The van der Waals surface area contributed by atoms with Crippen molar-refractivity contribution in [1.29, 1.82) is 0 Å². The summed E-state index contributed by atoms with van der Waals surface area (Å²) < 4.78 is 41.5. The average molecular weight is 312 g/mol. The van der Waals surface area contributed by atoms with E-state index >= 15 is 0 Å². The maximum absolute atomic E-state index is 13.0. The van der Waals surface area contributed by atoms with Crippen LogP contribution < -0.4 is 10.5 Å². The summed E-state index contributed by atoms with van der Waals surface area (Å²) in [5.41, 5.74) is 7.06. The quantitative estimate of drug-likeness (QED) is 0.811. The lowest BCUT2D eigenvalue weighted by Crippen LogP contribution is -2.24. The number of nitrogens with one attached hydrogen (secondary N) is 1. The summed E-state index contributed by atoms with van der Waals surface area (Å²) in [4.78, 5) is -0.133. The van der Waals surface area contributed by atoms with Crippen LogP contribution in [0.1, 0.15) is 18.2 Å². The molecule has 8 heteroatoms. The van der Waals surface area contributed by atoms with Gasteiger partial charge in [0.05, 0.1) is 11.4 Å². The number of nitrogen functional groups attached to an aromatic ring is 1. The first-order chi connectivity index (χ1) is 9.83. The number of benzene rings is 1. The second-order valence-corrected chi connectivity index (χ2v) is 6.37. The first kappa shape index (κ1) is 15.5. The van der Waals surface area contributed by atoms with Gasteiger partial charge in [0.2, 0.25) is 10.0 Å². The van der Waals surface area contributed by atoms with Crippen molar-refractivity contribution in [2.75, 3.05) is 5.73 Å². The van der Waals surface area contributed by atoms with Crippen molar-refractivity contribution in [3.63, 3.8) is 0 Å². The lowest BCUT2D eigenvalue weighted by atomic mass is 10.2. The molecule has 0 spiro atoms. The van der Waals surface area contributed by atoms with Gasteiger partial charge in [-0.25, -0.2) is 17.5 Å². The van der Waals surface area contributed by atoms with E-state index in [1.165, 1.54) is 0 Å². The molecule has 3 N–H and O–H groups in total. The lowest BCUT2D eigenvalue weighted by molar-refractivity contribution is 0.580. The van der Waals surface area contributed by atoms with E-state index in [1.807, 2.05) is 6.92 Å². The van der Waals surface area contributed by atoms with E-state index in [9.17, 15) is 12.8 Å². The Kier molecular flexibility index (Phi) is 4.29. The highest BCUT2D eigenvalue weighted by molar-refractivity contribution is 7.89. The number of aromatic nitrogens is 2. The Morgan fingerprint density at radius 1 is 1.43 bits per heavy atom. The smallest absolute Gasteiger partial charge is 0.242 e. The summed E-state index contributed by atoms with van der Waals surface area (Å²) in [6.45, 7) is 2.05. The molecule has 6 nitrogen and oxygen atoms in total. The molecule has 0 saturated heterocycles. The number of nitrogens with two attached hydrogens (primary N) is 1. The molecule has 0 fully saturated rings. The summed E-state index contributed by atoms with van der Waals surface area (Å²) in [5.74, 6) is -0.577. The molecular weight excluding hydrogens is 295 g/mol. The van der Waals surface area contributed by atoms with E-state index in [0.29, 0.717) is 6.42 Å². The highest BCUT2D eigenvalue weighted by Gasteiger charge is 2.18. The fourth-order valence-electron chi connectivity index (χ4n) is 2.04. The molecule has 1 aromatic carbocycles. The van der Waals surface area contributed by atoms with Crippen LogP contribution in [0.15, 0.2) is 29.3 Å². The zero-order valence-corrected chi connectivity index (χ0v) is 12.6. The van der Waals surface area contributed by atoms with Crippen LogP contribution >= 0.6 is 0 Å². The molecule has 2 rings (SSSR count). The number of rotatable bonds is 5. The van der Waals surface area contributed by atoms with Crippen molar-refractivity contribution >= 4 is 15.7 Å². The fraction of sp³-hybridized carbons (Fsp3) is 0.308. The van der Waals surface area contributed by atoms with Gasteiger partial charge in [-0.05, 0) is 24.6 Å². The Balaban J connectivity index is 2.21. The lowest BCUT2D eigenvalue weighted by Gasteiger charge is -2.09. The van der Waals surface area contributed by atoms with E-state index in [-0.39, 0.29) is 17.1 Å². The largest absolute Gasteiger partial charge is 0.398 e. The van der Waals surface area contributed by atoms with Crippen LogP contribution in [0.2, 0.25) is 0 Å². The molecule has 0 aliphatic carbocycles. The number of hydrogen-bond acceptors (Lipinski definition) is 4. The topological polar surface area (TPSA) is 90.0 Å². The van der Waals surface area contributed by atoms with E-state index in [0.717, 1.165) is 29.5 Å². The van der Waals surface area contributed by atoms with Gasteiger partial charge in [0.25, 0.3) is 0 Å². The molecule has 114 valence electrons. The molecular formula is C13H17FN4O2S. The van der Waals surface area contributed by atoms with Crippen LogP contribution in [0.5, 0.6) is 0 Å². The third kappa shape index (κ3) is 3.40. The summed E-state index contributed by atoms with van der Waals surface area (Å²) in [6, 6.07) is 3.19. The van der Waals surface area contributed by atoms with Crippen molar-refractivity contribution in [3.8, 4) is 0 Å². The van der Waals surface area contributed by atoms with Crippen LogP contribution in [-0.4, -0.2) is 18.2 Å². The van der Waals surface area contributed by atoms with Crippen LogP contribution in [0, 0.1) is 5.82 Å². The summed E-state index contributed by atoms with van der Waals surface area (Å²) in [6.07, 6.45) is 2.46. The second-order valence-electron chi connectivity index (χ2n) is 4.63. The number of aryl methyl sites for hydroxylation is 2. The number of hydrogen-bond donors (Lipinski definition) is 2. The SMILES string of the molecule is CCc1nn(C)cc1CNS(=O)(=O)c1ccc(F)cc1N. The molecule has 0 bridgehead atoms. The number of anilines is 1. The molecule has 0 unspecified atom stereocenters. The first-order valence-corrected chi connectivity index (χ1v) is 7.88. The van der Waals surface area contributed by atoms with Crippen molar-refractivity contribution in [2.45, 2.75) is 24.8 Å². The number of halogens is 1. The van der Waals surface area contributed by atoms with Crippen molar-refractivity contribution in [3.05, 3.63) is 41.5 Å². The number of sulfonamides is 1. The Labute approximate surface area is 122 Å². The van der Waals surface area contributed by atoms with E-state index in [4.69, 9.17) is 5.73 Å². The molecule has 1 aromatic heterocycles. The maximum atomic E-state index is 13.0. The van der Waals surface area contributed by atoms with Gasteiger partial charge in [-0.15, -0.1) is 0 Å². The van der Waals surface area contributed by atoms with Crippen molar-refractivity contribution in [1.82, 2.24) is 14.5 Å². The molecule has 2 aromatic rings. The molecule has 0 radical (unpaired) electrons. The third-order valence-corrected chi connectivity index (χ3v) is 4.52. The van der Waals surface area contributed by atoms with Gasteiger partial charge in [-0.2, -0.15) is 5.10 Å². The predicted octanol–water partition coefficient (Wildman–Crippen LogP) is 1.18. The summed E-state index contributed by atoms with van der Waals surface area (Å²) >= 11 is 0. The molecule has 21 heavy (non-hydrogen) atoms. The van der Waals surface area contributed by atoms with Gasteiger partial charge in [0.1, 0.15) is 10.7 Å². The fourth-order valence-corrected chi connectivity index (χ4v) is 3.16. The van der Waals surface area contributed by atoms with Gasteiger partial charge >= 0.3 is 0 Å². The van der Waals surface area contributed by atoms with Crippen molar-refractivity contribution < 1.29 is 12.8 Å². The molecule has 1 heterocycles. The Bertz CT molecular complexity index is 756. The standard InChI is InChI=1S/C13H17FN4O2S/c1-3-12-9(8-18(2)17-12)7-16-21(19,20)13-5-4-10(14)6-11(13)15/h4-6,8,16H,3,7,15H2,1-2H3. The minimum atomic E-state index is -3.80. The van der Waals surface area contributed by atoms with Gasteiger partial charge in [0, 0.05) is 25.4 Å². The van der Waals surface area contributed by atoms with Crippen LogP contribution in [-0.2, 0) is 30.0 Å². The molecule has 0 saturated carbocycles. The first-order valence-electron chi connectivity index (χ1n) is 6.39. The summed E-state index contributed by atoms with van der Waals surface area (Å²) in [5, 5.41) is 4.24. The van der Waals surface area contributed by atoms with Crippen LogP contribution in [0.3, 0.4) is 0 Å². The Morgan fingerprint density at radius 2 is 2.14 bits per heavy atom. The average Bonchev–Trinajstić information content (AvgIpc) is 2.76. The van der Waals surface area contributed by atoms with Gasteiger partial charge in [0.15, 0.2) is 0 Å². The Morgan fingerprint density at radius 3 is 2.76 bits per heavy atom. The monoisotopic (exact) mass is 312 g/mol. The van der Waals surface area contributed by atoms with Crippen LogP contribution in [0.25, 0.3) is 0 Å². The molecule has 0 amide bonds. The zero-order valence-electron chi connectivity index (χ0n) is 11.8. The minimum absolute atomic E-state index is 0.107. The molecule has 0 aliphatic rings. The highest BCUT2D eigenvalue weighted by Crippen LogP contribution is 2.19. The van der Waals surface area contributed by atoms with Gasteiger partial charge in [-0.1, -0.05) is 6.92 Å². The minimum Gasteiger partial charge on any atom is -0.398 e. The molecule has 0 aliphatic heterocycles. The molecule has 0 atom stereocenters. The predicted molar refractivity (Wildman–Crippen MR) is 77.4 cm³/mol. The van der Waals surface area contributed by atoms with E-state index < -0.39 is 15.8 Å². The Hall–Kier alpha value is -1.93. The summed E-state index contributed by atoms with van der Waals surface area (Å²) in [7, 11) is -2.03. The van der Waals surface area contributed by atoms with Gasteiger partial charge < -0.3 is 5.73 Å². The highest BCUT2D eigenvalue weighted by atomic mass is 32.2. The van der Waals surface area contributed by atoms with E-state index in [2.05, 4.69) is 9.82 Å². The van der Waals surface area contributed by atoms with Crippen LogP contribution in [0.4, 0.5) is 10.1 Å². The maximum Gasteiger partial charge on any atom is 0.242 e. The third-order valence-electron chi connectivity index (χ3n) is 3.04. The normalized spacial score (nSPS) is 11.8. The van der Waals surface area contributed by atoms with E-state index in [1.54, 1.807) is 17.9 Å². The van der Waals surface area contributed by atoms with Gasteiger partial charge in [-0.3, -0.25) is 4.68 Å². The second kappa shape index (κ2) is 5.82. The zero-order chi connectivity index (χ0) is 15.6.